The SMILES string of the molecule is Cc1csc(CNC2CC2)c1S(=O)(=O)N1CCSCC1C. The van der Waals surface area contributed by atoms with Crippen LogP contribution >= 0.6 is 23.1 Å². The van der Waals surface area contributed by atoms with Gasteiger partial charge in [-0.1, -0.05) is 0 Å². The van der Waals surface area contributed by atoms with Crippen LogP contribution in [0.15, 0.2) is 10.3 Å². The standard InChI is InChI=1S/C14H22N2O2S3/c1-10-8-20-13(7-15-12-3-4-12)14(10)21(17,18)16-5-6-19-9-11(16)2/h8,11-12,15H,3-7,9H2,1-2H3. The van der Waals surface area contributed by atoms with Crippen molar-refractivity contribution < 1.29 is 8.42 Å². The zero-order valence-electron chi connectivity index (χ0n) is 12.5. The molecule has 1 aliphatic carbocycles. The molecule has 1 aliphatic heterocycles. The molecular weight excluding hydrogens is 324 g/mol. The van der Waals surface area contributed by atoms with Crippen LogP contribution in [-0.4, -0.2) is 42.9 Å². The highest BCUT2D eigenvalue weighted by atomic mass is 32.2. The van der Waals surface area contributed by atoms with Crippen LogP contribution in [0.25, 0.3) is 0 Å². The number of sulfonamides is 1. The summed E-state index contributed by atoms with van der Waals surface area (Å²) in [6.45, 7) is 5.22. The molecule has 3 rings (SSSR count). The minimum absolute atomic E-state index is 0.0808. The van der Waals surface area contributed by atoms with Gasteiger partial charge >= 0.3 is 0 Å². The zero-order valence-corrected chi connectivity index (χ0v) is 14.9. The van der Waals surface area contributed by atoms with Gasteiger partial charge in [-0.25, -0.2) is 8.42 Å². The minimum atomic E-state index is -3.37. The second-order valence-electron chi connectivity index (χ2n) is 5.87. The van der Waals surface area contributed by atoms with Crippen molar-refractivity contribution in [1.82, 2.24) is 9.62 Å². The highest BCUT2D eigenvalue weighted by Gasteiger charge is 2.34. The van der Waals surface area contributed by atoms with E-state index < -0.39 is 10.0 Å². The molecule has 1 N–H and O–H groups in total. The van der Waals surface area contributed by atoms with Gasteiger partial charge in [0.15, 0.2) is 0 Å². The predicted molar refractivity (Wildman–Crippen MR) is 89.6 cm³/mol. The van der Waals surface area contributed by atoms with Crippen molar-refractivity contribution in [2.24, 2.45) is 0 Å². The molecule has 2 fully saturated rings. The minimum Gasteiger partial charge on any atom is -0.309 e. The molecule has 0 amide bonds. The number of nitrogens with zero attached hydrogens (tertiary/aromatic N) is 1. The van der Waals surface area contributed by atoms with Crippen LogP contribution in [0, 0.1) is 6.92 Å². The highest BCUT2D eigenvalue weighted by Crippen LogP contribution is 2.33. The van der Waals surface area contributed by atoms with Crippen LogP contribution in [-0.2, 0) is 16.6 Å². The van der Waals surface area contributed by atoms with E-state index in [0.717, 1.165) is 21.9 Å². The third kappa shape index (κ3) is 3.32. The summed E-state index contributed by atoms with van der Waals surface area (Å²) in [7, 11) is -3.37. The lowest BCUT2D eigenvalue weighted by Crippen LogP contribution is -2.44. The number of nitrogens with one attached hydrogen (secondary N) is 1. The Balaban J connectivity index is 1.88. The Labute approximate surface area is 135 Å². The van der Waals surface area contributed by atoms with Crippen LogP contribution in [0.3, 0.4) is 0 Å². The lowest BCUT2D eigenvalue weighted by molar-refractivity contribution is 0.367. The Morgan fingerprint density at radius 3 is 2.86 bits per heavy atom. The molecule has 1 atom stereocenters. The first-order chi connectivity index (χ1) is 10.00. The summed E-state index contributed by atoms with van der Waals surface area (Å²) >= 11 is 3.40. The molecule has 21 heavy (non-hydrogen) atoms. The van der Waals surface area contributed by atoms with E-state index in [1.165, 1.54) is 12.8 Å². The second-order valence-corrected chi connectivity index (χ2v) is 9.81. The first-order valence-corrected chi connectivity index (χ1v) is 10.9. The van der Waals surface area contributed by atoms with Crippen LogP contribution in [0.2, 0.25) is 0 Å². The third-order valence-electron chi connectivity index (χ3n) is 3.99. The molecule has 1 unspecified atom stereocenters. The first-order valence-electron chi connectivity index (χ1n) is 7.40. The molecular formula is C14H22N2O2S3. The summed E-state index contributed by atoms with van der Waals surface area (Å²) in [5.41, 5.74) is 0.887. The number of thioether (sulfide) groups is 1. The molecule has 2 aliphatic rings. The molecule has 0 bridgehead atoms. The fourth-order valence-corrected chi connectivity index (χ4v) is 7.24. The first kappa shape index (κ1) is 15.8. The van der Waals surface area contributed by atoms with E-state index in [9.17, 15) is 8.42 Å². The Morgan fingerprint density at radius 2 is 2.19 bits per heavy atom. The van der Waals surface area contributed by atoms with Crippen LogP contribution in [0.1, 0.15) is 30.2 Å². The summed E-state index contributed by atoms with van der Waals surface area (Å²) in [6.07, 6.45) is 2.43. The Bertz CT molecular complexity index is 608. The lowest BCUT2D eigenvalue weighted by Gasteiger charge is -2.32. The molecule has 0 radical (unpaired) electrons. The molecule has 4 nitrogen and oxygen atoms in total. The van der Waals surface area contributed by atoms with Crippen molar-refractivity contribution in [2.75, 3.05) is 18.1 Å². The Hall–Kier alpha value is -0.0800. The average molecular weight is 347 g/mol. The van der Waals surface area contributed by atoms with Gasteiger partial charge in [0, 0.05) is 41.6 Å². The maximum Gasteiger partial charge on any atom is 0.244 e. The van der Waals surface area contributed by atoms with E-state index in [1.807, 2.05) is 31.0 Å². The van der Waals surface area contributed by atoms with E-state index in [2.05, 4.69) is 5.32 Å². The van der Waals surface area contributed by atoms with E-state index >= 15 is 0 Å². The van der Waals surface area contributed by atoms with Crippen molar-refractivity contribution in [3.05, 3.63) is 15.8 Å². The number of thiophene rings is 1. The fraction of sp³-hybridized carbons (Fsp3) is 0.714. The molecule has 1 aromatic rings. The number of rotatable bonds is 5. The van der Waals surface area contributed by atoms with Crippen molar-refractivity contribution in [2.45, 2.75) is 50.2 Å². The molecule has 1 aromatic heterocycles. The summed E-state index contributed by atoms with van der Waals surface area (Å²) in [5.74, 6) is 1.78. The van der Waals surface area contributed by atoms with E-state index in [4.69, 9.17) is 0 Å². The van der Waals surface area contributed by atoms with Crippen molar-refractivity contribution in [3.63, 3.8) is 0 Å². The van der Waals surface area contributed by atoms with Gasteiger partial charge in [-0.15, -0.1) is 11.3 Å². The summed E-state index contributed by atoms with van der Waals surface area (Å²) in [4.78, 5) is 1.52. The lowest BCUT2D eigenvalue weighted by atomic mass is 10.3. The topological polar surface area (TPSA) is 49.4 Å². The van der Waals surface area contributed by atoms with Crippen molar-refractivity contribution in [1.29, 1.82) is 0 Å². The molecule has 0 spiro atoms. The second kappa shape index (κ2) is 6.20. The smallest absolute Gasteiger partial charge is 0.244 e. The van der Waals surface area contributed by atoms with Crippen LogP contribution < -0.4 is 5.32 Å². The molecule has 1 saturated carbocycles. The number of hydrogen-bond donors (Lipinski definition) is 1. The van der Waals surface area contributed by atoms with Gasteiger partial charge in [-0.3, -0.25) is 0 Å². The number of hydrogen-bond acceptors (Lipinski definition) is 5. The zero-order chi connectivity index (χ0) is 15.0. The summed E-state index contributed by atoms with van der Waals surface area (Å²) in [5, 5.41) is 5.41. The summed E-state index contributed by atoms with van der Waals surface area (Å²) < 4.78 is 27.8. The van der Waals surface area contributed by atoms with Gasteiger partial charge in [0.1, 0.15) is 4.90 Å². The average Bonchev–Trinajstić information content (AvgIpc) is 3.19. The third-order valence-corrected chi connectivity index (χ3v) is 8.66. The van der Waals surface area contributed by atoms with Crippen molar-refractivity contribution >= 4 is 33.1 Å². The largest absolute Gasteiger partial charge is 0.309 e. The molecule has 118 valence electrons. The predicted octanol–water partition coefficient (Wildman–Crippen LogP) is 2.43. The molecule has 7 heteroatoms. The van der Waals surface area contributed by atoms with E-state index in [0.29, 0.717) is 24.0 Å². The van der Waals surface area contributed by atoms with Gasteiger partial charge in [-0.2, -0.15) is 16.1 Å². The van der Waals surface area contributed by atoms with Crippen LogP contribution in [0.4, 0.5) is 0 Å². The molecule has 1 saturated heterocycles. The molecule has 2 heterocycles. The number of aryl methyl sites for hydroxylation is 1. The summed E-state index contributed by atoms with van der Waals surface area (Å²) in [6, 6.07) is 0.672. The van der Waals surface area contributed by atoms with Gasteiger partial charge in [0.05, 0.1) is 0 Å². The monoisotopic (exact) mass is 346 g/mol. The Kier molecular flexibility index (Phi) is 4.66. The Morgan fingerprint density at radius 1 is 1.43 bits per heavy atom. The molecule has 0 aromatic carbocycles. The maximum atomic E-state index is 13.1. The van der Waals surface area contributed by atoms with E-state index in [1.54, 1.807) is 15.6 Å². The van der Waals surface area contributed by atoms with E-state index in [-0.39, 0.29) is 6.04 Å². The van der Waals surface area contributed by atoms with Crippen LogP contribution in [0.5, 0.6) is 0 Å². The van der Waals surface area contributed by atoms with Gasteiger partial charge in [-0.05, 0) is 37.6 Å². The van der Waals surface area contributed by atoms with Gasteiger partial charge in [0.2, 0.25) is 10.0 Å². The normalized spacial score (nSPS) is 24.4. The quantitative estimate of drug-likeness (QED) is 0.890. The van der Waals surface area contributed by atoms with Gasteiger partial charge in [0.25, 0.3) is 0 Å². The fourth-order valence-electron chi connectivity index (χ4n) is 2.67. The highest BCUT2D eigenvalue weighted by molar-refractivity contribution is 7.99. The van der Waals surface area contributed by atoms with Crippen molar-refractivity contribution in [3.8, 4) is 0 Å². The maximum absolute atomic E-state index is 13.1. The van der Waals surface area contributed by atoms with Gasteiger partial charge < -0.3 is 5.32 Å².